The number of rotatable bonds is 4. The van der Waals surface area contributed by atoms with Gasteiger partial charge in [0.2, 0.25) is 5.91 Å². The molecule has 1 aromatic carbocycles. The van der Waals surface area contributed by atoms with Gasteiger partial charge in [0.05, 0.1) is 11.1 Å². The van der Waals surface area contributed by atoms with Crippen molar-refractivity contribution < 1.29 is 35.9 Å². The van der Waals surface area contributed by atoms with Gasteiger partial charge in [0, 0.05) is 19.8 Å². The summed E-state index contributed by atoms with van der Waals surface area (Å²) in [6.07, 6.45) is -10.1. The molecule has 0 bridgehead atoms. The van der Waals surface area contributed by atoms with Crippen LogP contribution in [0.5, 0.6) is 0 Å². The minimum Gasteiger partial charge on any atom is -0.347 e. The number of nitrogens with zero attached hydrogens (tertiary/aromatic N) is 1. The lowest BCUT2D eigenvalue weighted by atomic mass is 10.0. The predicted octanol–water partition coefficient (Wildman–Crippen LogP) is 3.96. The van der Waals surface area contributed by atoms with Gasteiger partial charge in [-0.25, -0.2) is 4.79 Å². The fourth-order valence-corrected chi connectivity index (χ4v) is 2.13. The summed E-state index contributed by atoms with van der Waals surface area (Å²) in [5.74, 6) is -0.835. The maximum Gasteiger partial charge on any atom is 0.416 e. The van der Waals surface area contributed by atoms with Crippen molar-refractivity contribution in [3.05, 3.63) is 29.3 Å². The number of anilines is 1. The molecule has 1 rings (SSSR count). The van der Waals surface area contributed by atoms with Crippen LogP contribution in [0.3, 0.4) is 0 Å². The van der Waals surface area contributed by atoms with E-state index in [1.54, 1.807) is 13.8 Å². The zero-order chi connectivity index (χ0) is 21.2. The molecule has 0 aliphatic carbocycles. The van der Waals surface area contributed by atoms with Crippen LogP contribution in [0, 0.1) is 5.92 Å². The number of alkyl halides is 6. The maximum absolute atomic E-state index is 12.8. The average molecular weight is 399 g/mol. The van der Waals surface area contributed by atoms with Crippen molar-refractivity contribution in [1.29, 1.82) is 0 Å². The maximum atomic E-state index is 12.8. The molecule has 0 aromatic heterocycles. The van der Waals surface area contributed by atoms with Gasteiger partial charge in [-0.1, -0.05) is 13.8 Å². The molecule has 0 saturated carbocycles. The van der Waals surface area contributed by atoms with Crippen LogP contribution in [0.15, 0.2) is 18.2 Å². The number of hydrogen-bond acceptors (Lipinski definition) is 2. The first-order chi connectivity index (χ1) is 12.1. The summed E-state index contributed by atoms with van der Waals surface area (Å²) < 4.78 is 77.0. The number of amides is 3. The predicted molar refractivity (Wildman–Crippen MR) is 85.9 cm³/mol. The van der Waals surface area contributed by atoms with Crippen LogP contribution in [0.2, 0.25) is 0 Å². The monoisotopic (exact) mass is 399 g/mol. The van der Waals surface area contributed by atoms with Crippen molar-refractivity contribution >= 4 is 17.6 Å². The Balaban J connectivity index is 3.12. The molecule has 5 nitrogen and oxygen atoms in total. The summed E-state index contributed by atoms with van der Waals surface area (Å²) in [6, 6.07) is -1.39. The highest BCUT2D eigenvalue weighted by Crippen LogP contribution is 2.37. The van der Waals surface area contributed by atoms with Gasteiger partial charge in [-0.2, -0.15) is 26.3 Å². The Kier molecular flexibility index (Phi) is 6.73. The van der Waals surface area contributed by atoms with E-state index in [1.807, 2.05) is 5.32 Å². The van der Waals surface area contributed by atoms with Gasteiger partial charge in [-0.05, 0) is 24.1 Å². The van der Waals surface area contributed by atoms with E-state index in [1.165, 1.54) is 19.0 Å². The van der Waals surface area contributed by atoms with Crippen LogP contribution in [0.1, 0.15) is 25.0 Å². The third-order valence-corrected chi connectivity index (χ3v) is 3.51. The molecular formula is C16H19F6N3O2. The van der Waals surface area contributed by atoms with Gasteiger partial charge in [0.1, 0.15) is 6.04 Å². The third kappa shape index (κ3) is 6.33. The SMILES string of the molecule is CC(C)[C@H](NC(=O)Nc1cc(C(F)(F)F)cc(C(F)(F)F)c1)C(=O)N(C)C. The van der Waals surface area contributed by atoms with E-state index < -0.39 is 47.1 Å². The molecular weight excluding hydrogens is 380 g/mol. The zero-order valence-electron chi connectivity index (χ0n) is 14.9. The first-order valence-electron chi connectivity index (χ1n) is 7.71. The van der Waals surface area contributed by atoms with E-state index in [4.69, 9.17) is 0 Å². The normalized spacial score (nSPS) is 13.3. The molecule has 0 heterocycles. The quantitative estimate of drug-likeness (QED) is 0.753. The highest BCUT2D eigenvalue weighted by atomic mass is 19.4. The second-order valence-electron chi connectivity index (χ2n) is 6.35. The number of carbonyl (C=O) groups excluding carboxylic acids is 2. The lowest BCUT2D eigenvalue weighted by Crippen LogP contribution is -2.50. The topological polar surface area (TPSA) is 61.4 Å². The summed E-state index contributed by atoms with van der Waals surface area (Å²) in [7, 11) is 2.89. The molecule has 0 fully saturated rings. The Morgan fingerprint density at radius 2 is 1.37 bits per heavy atom. The molecule has 0 saturated heterocycles. The largest absolute Gasteiger partial charge is 0.416 e. The Morgan fingerprint density at radius 1 is 0.926 bits per heavy atom. The second-order valence-corrected chi connectivity index (χ2v) is 6.35. The number of halogens is 6. The van der Waals surface area contributed by atoms with Gasteiger partial charge in [0.15, 0.2) is 0 Å². The number of hydrogen-bond donors (Lipinski definition) is 2. The van der Waals surface area contributed by atoms with E-state index in [0.29, 0.717) is 12.1 Å². The smallest absolute Gasteiger partial charge is 0.347 e. The molecule has 1 aromatic rings. The Hall–Kier alpha value is -2.46. The highest BCUT2D eigenvalue weighted by molar-refractivity contribution is 5.93. The van der Waals surface area contributed by atoms with Gasteiger partial charge in [-0.3, -0.25) is 4.79 Å². The van der Waals surface area contributed by atoms with E-state index in [0.717, 1.165) is 0 Å². The molecule has 0 aliphatic rings. The Labute approximate surface area is 151 Å². The summed E-state index contributed by atoms with van der Waals surface area (Å²) in [4.78, 5) is 25.3. The van der Waals surface area contributed by atoms with E-state index >= 15 is 0 Å². The zero-order valence-corrected chi connectivity index (χ0v) is 14.9. The van der Waals surface area contributed by atoms with E-state index in [9.17, 15) is 35.9 Å². The third-order valence-electron chi connectivity index (χ3n) is 3.51. The van der Waals surface area contributed by atoms with E-state index in [-0.39, 0.29) is 12.0 Å². The van der Waals surface area contributed by atoms with Gasteiger partial charge < -0.3 is 15.5 Å². The molecule has 1 atom stereocenters. The van der Waals surface area contributed by atoms with E-state index in [2.05, 4.69) is 5.32 Å². The second kappa shape index (κ2) is 8.05. The highest BCUT2D eigenvalue weighted by Gasteiger charge is 2.37. The van der Waals surface area contributed by atoms with Crippen LogP contribution in [0.4, 0.5) is 36.8 Å². The van der Waals surface area contributed by atoms with Gasteiger partial charge in [-0.15, -0.1) is 0 Å². The van der Waals surface area contributed by atoms with Crippen molar-refractivity contribution in [2.75, 3.05) is 19.4 Å². The molecule has 3 amide bonds. The van der Waals surface area contributed by atoms with Gasteiger partial charge >= 0.3 is 18.4 Å². The molecule has 2 N–H and O–H groups in total. The lowest BCUT2D eigenvalue weighted by Gasteiger charge is -2.25. The molecule has 0 radical (unpaired) electrons. The Bertz CT molecular complexity index is 666. The summed E-state index contributed by atoms with van der Waals surface area (Å²) in [5, 5.41) is 4.18. The first kappa shape index (κ1) is 22.6. The number of nitrogens with one attached hydrogen (secondary N) is 2. The van der Waals surface area contributed by atoms with Crippen molar-refractivity contribution in [3.8, 4) is 0 Å². The molecule has 0 spiro atoms. The average Bonchev–Trinajstić information content (AvgIpc) is 2.49. The van der Waals surface area contributed by atoms with Crippen LogP contribution in [0.25, 0.3) is 0 Å². The van der Waals surface area contributed by atoms with Crippen LogP contribution in [-0.4, -0.2) is 37.0 Å². The van der Waals surface area contributed by atoms with Crippen LogP contribution >= 0.6 is 0 Å². The van der Waals surface area contributed by atoms with Crippen LogP contribution < -0.4 is 10.6 Å². The fourth-order valence-electron chi connectivity index (χ4n) is 2.13. The summed E-state index contributed by atoms with van der Waals surface area (Å²) in [6.45, 7) is 3.25. The van der Waals surface area contributed by atoms with Crippen molar-refractivity contribution in [3.63, 3.8) is 0 Å². The summed E-state index contributed by atoms with van der Waals surface area (Å²) in [5.41, 5.74) is -3.82. The van der Waals surface area contributed by atoms with Crippen LogP contribution in [-0.2, 0) is 17.1 Å². The molecule has 11 heteroatoms. The minimum absolute atomic E-state index is 0.0461. The molecule has 0 aliphatic heterocycles. The van der Waals surface area contributed by atoms with Crippen molar-refractivity contribution in [2.45, 2.75) is 32.2 Å². The van der Waals surface area contributed by atoms with Crippen molar-refractivity contribution in [1.82, 2.24) is 10.2 Å². The number of urea groups is 1. The molecule has 27 heavy (non-hydrogen) atoms. The standard InChI is InChI=1S/C16H19F6N3O2/c1-8(2)12(13(26)25(3)4)24-14(27)23-11-6-9(15(17,18)19)5-10(7-11)16(20,21)22/h5-8,12H,1-4H3,(H2,23,24,27)/t12-/m0/s1. The fraction of sp³-hybridized carbons (Fsp3) is 0.500. The number of likely N-dealkylation sites (N-methyl/N-ethyl adjacent to an activating group) is 1. The van der Waals surface area contributed by atoms with Crippen molar-refractivity contribution in [2.24, 2.45) is 5.92 Å². The Morgan fingerprint density at radius 3 is 1.70 bits per heavy atom. The molecule has 0 unspecified atom stereocenters. The minimum atomic E-state index is -5.03. The lowest BCUT2D eigenvalue weighted by molar-refractivity contribution is -0.143. The molecule has 152 valence electrons. The number of benzene rings is 1. The number of carbonyl (C=O) groups is 2. The first-order valence-corrected chi connectivity index (χ1v) is 7.71. The van der Waals surface area contributed by atoms with Gasteiger partial charge in [0.25, 0.3) is 0 Å². The summed E-state index contributed by atoms with van der Waals surface area (Å²) >= 11 is 0.